The van der Waals surface area contributed by atoms with E-state index in [4.69, 9.17) is 5.11 Å². The van der Waals surface area contributed by atoms with Gasteiger partial charge in [-0.1, -0.05) is 56.2 Å². The lowest BCUT2D eigenvalue weighted by Gasteiger charge is -2.21. The van der Waals surface area contributed by atoms with Crippen molar-refractivity contribution < 1.29 is 25.2 Å². The van der Waals surface area contributed by atoms with E-state index >= 15 is 0 Å². The third kappa shape index (κ3) is 9.89. The molecule has 0 aromatic carbocycles. The zero-order chi connectivity index (χ0) is 20.1. The molecule has 5 heteroatoms. The molecule has 0 saturated heterocycles. The lowest BCUT2D eigenvalue weighted by atomic mass is 9.88. The van der Waals surface area contributed by atoms with Crippen LogP contribution >= 0.6 is 0 Å². The largest absolute Gasteiger partial charge is 0.481 e. The van der Waals surface area contributed by atoms with E-state index in [9.17, 15) is 20.1 Å². The highest BCUT2D eigenvalue weighted by Gasteiger charge is 2.39. The van der Waals surface area contributed by atoms with Gasteiger partial charge in [0.1, 0.15) is 0 Å². The first-order chi connectivity index (χ1) is 13.0. The molecule has 1 aliphatic rings. The van der Waals surface area contributed by atoms with Crippen molar-refractivity contribution >= 4 is 5.97 Å². The van der Waals surface area contributed by atoms with Gasteiger partial charge in [-0.25, -0.2) is 0 Å². The second-order valence-electron chi connectivity index (χ2n) is 7.38. The fourth-order valence-corrected chi connectivity index (χ4v) is 3.62. The number of carboxylic acids is 1. The van der Waals surface area contributed by atoms with Crippen LogP contribution in [0.2, 0.25) is 0 Å². The molecule has 1 fully saturated rings. The second-order valence-corrected chi connectivity index (χ2v) is 7.38. The molecule has 154 valence electrons. The molecule has 0 amide bonds. The molecule has 5 atom stereocenters. The predicted octanol–water partition coefficient (Wildman–Crippen LogP) is 3.60. The first-order valence-electron chi connectivity index (χ1n) is 10.2. The van der Waals surface area contributed by atoms with E-state index in [2.05, 4.69) is 19.1 Å². The van der Waals surface area contributed by atoms with Gasteiger partial charge in [-0.15, -0.1) is 0 Å². The highest BCUT2D eigenvalue weighted by molar-refractivity contribution is 5.66. The van der Waals surface area contributed by atoms with E-state index in [0.29, 0.717) is 19.3 Å². The minimum atomic E-state index is -0.781. The number of aliphatic hydroxyl groups is 3. The lowest BCUT2D eigenvalue weighted by Crippen LogP contribution is -2.21. The van der Waals surface area contributed by atoms with Gasteiger partial charge < -0.3 is 20.4 Å². The standard InChI is InChI=1S/C22H36O5/c1-2-3-4-5-6-8-11-17(23)14-15-19-18(20(24)16-21(19)25)12-9-7-10-13-22(26)27/h3-4,6,8,14-15,17-21,23-25H,2,5,7,9-13,16H2,1H3,(H,26,27)/b4-3-,8-6-,15-14+/t17-,18-,19+,20-,21+/m0/s1. The molecule has 0 aromatic heterocycles. The third-order valence-corrected chi connectivity index (χ3v) is 5.12. The van der Waals surface area contributed by atoms with Crippen LogP contribution in [0, 0.1) is 11.8 Å². The van der Waals surface area contributed by atoms with E-state index in [1.54, 1.807) is 6.08 Å². The summed E-state index contributed by atoms with van der Waals surface area (Å²) in [4.78, 5) is 10.5. The summed E-state index contributed by atoms with van der Waals surface area (Å²) >= 11 is 0. The summed E-state index contributed by atoms with van der Waals surface area (Å²) in [6.45, 7) is 2.09. The molecular formula is C22H36O5. The average Bonchev–Trinajstić information content (AvgIpc) is 2.88. The predicted molar refractivity (Wildman–Crippen MR) is 107 cm³/mol. The number of carboxylic acid groups (broad SMARTS) is 1. The molecule has 0 radical (unpaired) electrons. The van der Waals surface area contributed by atoms with Gasteiger partial charge in [0, 0.05) is 18.8 Å². The Labute approximate surface area is 163 Å². The van der Waals surface area contributed by atoms with Crippen molar-refractivity contribution in [2.45, 2.75) is 83.0 Å². The van der Waals surface area contributed by atoms with Crippen LogP contribution in [0.25, 0.3) is 0 Å². The Morgan fingerprint density at radius 2 is 1.81 bits per heavy atom. The number of allylic oxidation sites excluding steroid dienone is 3. The van der Waals surface area contributed by atoms with Crippen LogP contribution in [0.4, 0.5) is 0 Å². The van der Waals surface area contributed by atoms with Crippen LogP contribution in [-0.2, 0) is 4.79 Å². The van der Waals surface area contributed by atoms with Crippen LogP contribution < -0.4 is 0 Å². The van der Waals surface area contributed by atoms with E-state index < -0.39 is 24.3 Å². The minimum Gasteiger partial charge on any atom is -0.481 e. The first-order valence-corrected chi connectivity index (χ1v) is 10.2. The summed E-state index contributed by atoms with van der Waals surface area (Å²) in [5, 5.41) is 39.2. The number of aliphatic carboxylic acids is 1. The molecule has 1 rings (SSSR count). The van der Waals surface area contributed by atoms with Gasteiger partial charge in [0.2, 0.25) is 0 Å². The smallest absolute Gasteiger partial charge is 0.303 e. The Bertz CT molecular complexity index is 497. The van der Waals surface area contributed by atoms with E-state index in [0.717, 1.165) is 32.1 Å². The van der Waals surface area contributed by atoms with Crippen molar-refractivity contribution in [1.82, 2.24) is 0 Å². The van der Waals surface area contributed by atoms with Crippen molar-refractivity contribution in [2.24, 2.45) is 11.8 Å². The van der Waals surface area contributed by atoms with Gasteiger partial charge in [-0.3, -0.25) is 4.79 Å². The first kappa shape index (κ1) is 23.6. The van der Waals surface area contributed by atoms with Crippen LogP contribution in [-0.4, -0.2) is 44.7 Å². The molecule has 0 unspecified atom stereocenters. The number of rotatable bonds is 13. The van der Waals surface area contributed by atoms with Gasteiger partial charge >= 0.3 is 5.97 Å². The van der Waals surface area contributed by atoms with Gasteiger partial charge in [-0.2, -0.15) is 0 Å². The van der Waals surface area contributed by atoms with Gasteiger partial charge in [0.05, 0.1) is 18.3 Å². The summed E-state index contributed by atoms with van der Waals surface area (Å²) in [7, 11) is 0. The third-order valence-electron chi connectivity index (χ3n) is 5.12. The molecule has 0 heterocycles. The fraction of sp³-hybridized carbons (Fsp3) is 0.682. The molecule has 4 N–H and O–H groups in total. The Morgan fingerprint density at radius 1 is 1.07 bits per heavy atom. The maximum Gasteiger partial charge on any atom is 0.303 e. The molecule has 0 bridgehead atoms. The van der Waals surface area contributed by atoms with Gasteiger partial charge in [0.25, 0.3) is 0 Å². The van der Waals surface area contributed by atoms with Crippen molar-refractivity contribution in [1.29, 1.82) is 0 Å². The maximum atomic E-state index is 10.5. The summed E-state index contributed by atoms with van der Waals surface area (Å²) in [6, 6.07) is 0. The van der Waals surface area contributed by atoms with E-state index in [-0.39, 0.29) is 18.3 Å². The molecule has 0 spiro atoms. The topological polar surface area (TPSA) is 98.0 Å². The molecule has 1 saturated carbocycles. The summed E-state index contributed by atoms with van der Waals surface area (Å²) in [6.07, 6.45) is 16.0. The van der Waals surface area contributed by atoms with E-state index in [1.807, 2.05) is 18.2 Å². The Morgan fingerprint density at radius 3 is 2.52 bits per heavy atom. The molecule has 27 heavy (non-hydrogen) atoms. The molecule has 0 aliphatic heterocycles. The minimum absolute atomic E-state index is 0.0389. The lowest BCUT2D eigenvalue weighted by molar-refractivity contribution is -0.137. The number of carbonyl (C=O) groups is 1. The van der Waals surface area contributed by atoms with E-state index in [1.165, 1.54) is 0 Å². The monoisotopic (exact) mass is 380 g/mol. The number of hydrogen-bond acceptors (Lipinski definition) is 4. The van der Waals surface area contributed by atoms with Crippen LogP contribution in [0.3, 0.4) is 0 Å². The Kier molecular flexibility index (Phi) is 12.0. The summed E-state index contributed by atoms with van der Waals surface area (Å²) in [5.41, 5.74) is 0. The van der Waals surface area contributed by atoms with Crippen molar-refractivity contribution in [3.63, 3.8) is 0 Å². The molecule has 5 nitrogen and oxygen atoms in total. The summed E-state index contributed by atoms with van der Waals surface area (Å²) < 4.78 is 0. The van der Waals surface area contributed by atoms with Crippen molar-refractivity contribution in [2.75, 3.05) is 0 Å². The molecule has 0 aromatic rings. The summed E-state index contributed by atoms with van der Waals surface area (Å²) in [5.74, 6) is -0.981. The number of hydrogen-bond donors (Lipinski definition) is 4. The van der Waals surface area contributed by atoms with Crippen LogP contribution in [0.5, 0.6) is 0 Å². The maximum absolute atomic E-state index is 10.5. The average molecular weight is 381 g/mol. The molecule has 1 aliphatic carbocycles. The van der Waals surface area contributed by atoms with Crippen molar-refractivity contribution in [3.05, 3.63) is 36.5 Å². The highest BCUT2D eigenvalue weighted by atomic mass is 16.4. The van der Waals surface area contributed by atoms with Crippen molar-refractivity contribution in [3.8, 4) is 0 Å². The number of unbranched alkanes of at least 4 members (excludes halogenated alkanes) is 2. The van der Waals surface area contributed by atoms with Crippen LogP contribution in [0.15, 0.2) is 36.5 Å². The zero-order valence-electron chi connectivity index (χ0n) is 16.4. The fourth-order valence-electron chi connectivity index (χ4n) is 3.62. The SMILES string of the molecule is CC/C=C\C/C=C\C[C@H](O)/C=C/[C@@H]1[C@H](CCCCCC(=O)O)[C@@H](O)C[C@H]1O. The Hall–Kier alpha value is -1.43. The van der Waals surface area contributed by atoms with Gasteiger partial charge in [0.15, 0.2) is 0 Å². The Balaban J connectivity index is 2.42. The highest BCUT2D eigenvalue weighted by Crippen LogP contribution is 2.37. The zero-order valence-corrected chi connectivity index (χ0v) is 16.4. The molecular weight excluding hydrogens is 344 g/mol. The van der Waals surface area contributed by atoms with Crippen LogP contribution in [0.1, 0.15) is 64.7 Å². The number of aliphatic hydroxyl groups excluding tert-OH is 3. The normalized spacial score (nSPS) is 27.3. The second kappa shape index (κ2) is 13.7. The quantitative estimate of drug-likeness (QED) is 0.289. The van der Waals surface area contributed by atoms with Gasteiger partial charge in [-0.05, 0) is 38.0 Å².